The smallest absolute Gasteiger partial charge is 0.189 e. The van der Waals surface area contributed by atoms with Crippen molar-refractivity contribution >= 4 is 40.1 Å². The molecule has 1 aliphatic rings. The fourth-order valence-corrected chi connectivity index (χ4v) is 5.04. The summed E-state index contributed by atoms with van der Waals surface area (Å²) in [5.74, 6) is 1.15. The first-order chi connectivity index (χ1) is 18.9. The lowest BCUT2D eigenvalue weighted by Crippen LogP contribution is -2.46. The quantitative estimate of drug-likeness (QED) is 0.221. The molecule has 1 N–H and O–H groups in total. The fraction of sp³-hybridized carbons (Fsp3) is 0.226. The van der Waals surface area contributed by atoms with Gasteiger partial charge >= 0.3 is 0 Å². The number of allylic oxidation sites excluding steroid dienone is 1. The minimum Gasteiger partial charge on any atom is -0.508 e. The number of aromatic nitrogens is 1. The van der Waals surface area contributed by atoms with Gasteiger partial charge in [-0.25, -0.2) is 0 Å². The number of benzene rings is 3. The zero-order valence-electron chi connectivity index (χ0n) is 21.9. The average Bonchev–Trinajstić information content (AvgIpc) is 2.97. The largest absolute Gasteiger partial charge is 0.508 e. The Kier molecular flexibility index (Phi) is 8.00. The summed E-state index contributed by atoms with van der Waals surface area (Å²) in [4.78, 5) is 22.0. The number of piperazine rings is 1. The summed E-state index contributed by atoms with van der Waals surface area (Å²) in [6.45, 7) is 4.05. The molecule has 0 spiro atoms. The van der Waals surface area contributed by atoms with Gasteiger partial charge in [0.25, 0.3) is 0 Å². The molecular formula is C31H30ClN3O4. The maximum absolute atomic E-state index is 12.8. The number of halogens is 1. The molecule has 0 radical (unpaired) electrons. The number of hydrogen-bond acceptors (Lipinski definition) is 7. The van der Waals surface area contributed by atoms with E-state index in [0.717, 1.165) is 53.9 Å². The van der Waals surface area contributed by atoms with Gasteiger partial charge in [0.15, 0.2) is 5.78 Å². The third-order valence-electron chi connectivity index (χ3n) is 6.99. The molecule has 0 bridgehead atoms. The second-order valence-corrected chi connectivity index (χ2v) is 9.84. The van der Waals surface area contributed by atoms with Crippen molar-refractivity contribution in [3.63, 3.8) is 0 Å². The standard InChI is InChI=1S/C31H30ClN3O4/c1-38-24-6-8-26(31(19-24)39-2)30(37)10-4-21-3-9-29(36)22(17-21)20-34-13-15-35(16-14-34)28-11-12-33-27-18-23(32)5-7-25(27)28/h3-12,17-19,36H,13-16,20H2,1-2H3/b10-4+. The summed E-state index contributed by atoms with van der Waals surface area (Å²) < 4.78 is 10.6. The van der Waals surface area contributed by atoms with Crippen molar-refractivity contribution in [2.24, 2.45) is 0 Å². The summed E-state index contributed by atoms with van der Waals surface area (Å²) in [5.41, 5.74) is 4.16. The Balaban J connectivity index is 1.24. The lowest BCUT2D eigenvalue weighted by molar-refractivity contribution is 0.104. The molecule has 1 aliphatic heterocycles. The molecule has 7 nitrogen and oxygen atoms in total. The van der Waals surface area contributed by atoms with E-state index in [9.17, 15) is 9.90 Å². The van der Waals surface area contributed by atoms with Crippen molar-refractivity contribution in [2.75, 3.05) is 45.3 Å². The van der Waals surface area contributed by atoms with Crippen LogP contribution in [0.2, 0.25) is 5.02 Å². The zero-order valence-corrected chi connectivity index (χ0v) is 22.7. The van der Waals surface area contributed by atoms with Crippen molar-refractivity contribution in [1.29, 1.82) is 0 Å². The number of fused-ring (bicyclic) bond motifs is 1. The average molecular weight is 544 g/mol. The minimum absolute atomic E-state index is 0.175. The highest BCUT2D eigenvalue weighted by Gasteiger charge is 2.20. The van der Waals surface area contributed by atoms with Crippen LogP contribution >= 0.6 is 11.6 Å². The molecule has 0 amide bonds. The number of nitrogens with zero attached hydrogens (tertiary/aromatic N) is 3. The van der Waals surface area contributed by atoms with Crippen molar-refractivity contribution < 1.29 is 19.4 Å². The van der Waals surface area contributed by atoms with Gasteiger partial charge in [0.2, 0.25) is 0 Å². The number of ketones is 1. The van der Waals surface area contributed by atoms with Gasteiger partial charge in [0, 0.05) is 66.6 Å². The molecule has 0 unspecified atom stereocenters. The molecule has 0 saturated carbocycles. The number of pyridine rings is 1. The summed E-state index contributed by atoms with van der Waals surface area (Å²) >= 11 is 6.15. The lowest BCUT2D eigenvalue weighted by Gasteiger charge is -2.36. The van der Waals surface area contributed by atoms with E-state index in [1.165, 1.54) is 13.2 Å². The first-order valence-electron chi connectivity index (χ1n) is 12.7. The number of rotatable bonds is 8. The molecule has 5 rings (SSSR count). The fourth-order valence-electron chi connectivity index (χ4n) is 4.87. The molecule has 1 fully saturated rings. The topological polar surface area (TPSA) is 75.1 Å². The highest BCUT2D eigenvalue weighted by molar-refractivity contribution is 6.31. The highest BCUT2D eigenvalue weighted by Crippen LogP contribution is 2.29. The van der Waals surface area contributed by atoms with E-state index in [1.54, 1.807) is 43.5 Å². The van der Waals surface area contributed by atoms with Gasteiger partial charge in [-0.1, -0.05) is 23.7 Å². The first kappa shape index (κ1) is 26.5. The molecule has 39 heavy (non-hydrogen) atoms. The van der Waals surface area contributed by atoms with E-state index in [4.69, 9.17) is 21.1 Å². The Morgan fingerprint density at radius 1 is 1.00 bits per heavy atom. The number of hydrogen-bond donors (Lipinski definition) is 1. The monoisotopic (exact) mass is 543 g/mol. The van der Waals surface area contributed by atoms with Crippen molar-refractivity contribution in [2.45, 2.75) is 6.54 Å². The Morgan fingerprint density at radius 2 is 1.82 bits per heavy atom. The Labute approximate surface area is 232 Å². The van der Waals surface area contributed by atoms with Crippen molar-refractivity contribution in [3.05, 3.63) is 94.6 Å². The maximum atomic E-state index is 12.8. The van der Waals surface area contributed by atoms with Crippen LogP contribution in [-0.4, -0.2) is 61.2 Å². The summed E-state index contributed by atoms with van der Waals surface area (Å²) in [5, 5.41) is 12.3. The van der Waals surface area contributed by atoms with E-state index in [1.807, 2.05) is 30.5 Å². The molecule has 2 heterocycles. The SMILES string of the molecule is COc1ccc(C(=O)/C=C/c2ccc(O)c(CN3CCN(c4ccnc5cc(Cl)ccc45)CC3)c2)c(OC)c1. The number of ether oxygens (including phenoxy) is 2. The van der Waals surface area contributed by atoms with Crippen LogP contribution in [0.3, 0.4) is 0 Å². The lowest BCUT2D eigenvalue weighted by atomic mass is 10.1. The minimum atomic E-state index is -0.175. The van der Waals surface area contributed by atoms with Gasteiger partial charge in [-0.2, -0.15) is 0 Å². The Morgan fingerprint density at radius 3 is 2.59 bits per heavy atom. The van der Waals surface area contributed by atoms with Gasteiger partial charge in [-0.15, -0.1) is 0 Å². The second kappa shape index (κ2) is 11.8. The predicted octanol–water partition coefficient (Wildman–Crippen LogP) is 5.83. The third kappa shape index (κ3) is 6.00. The highest BCUT2D eigenvalue weighted by atomic mass is 35.5. The number of phenolic OH excluding ortho intramolecular Hbond substituents is 1. The van der Waals surface area contributed by atoms with Crippen LogP contribution in [0, 0.1) is 0 Å². The summed E-state index contributed by atoms with van der Waals surface area (Å²) in [6.07, 6.45) is 5.10. The van der Waals surface area contributed by atoms with Gasteiger partial charge in [-0.3, -0.25) is 14.7 Å². The van der Waals surface area contributed by atoms with Crippen LogP contribution in [0.15, 0.2) is 72.9 Å². The van der Waals surface area contributed by atoms with E-state index in [-0.39, 0.29) is 11.5 Å². The number of aromatic hydroxyl groups is 1. The number of carbonyl (C=O) groups is 1. The van der Waals surface area contributed by atoms with E-state index in [0.29, 0.717) is 28.6 Å². The van der Waals surface area contributed by atoms with Gasteiger partial charge < -0.3 is 19.5 Å². The Bertz CT molecular complexity index is 1530. The normalized spacial score (nSPS) is 14.2. The zero-order chi connectivity index (χ0) is 27.4. The molecule has 4 aromatic rings. The number of anilines is 1. The van der Waals surface area contributed by atoms with Crippen LogP contribution in [-0.2, 0) is 6.54 Å². The molecule has 0 aliphatic carbocycles. The van der Waals surface area contributed by atoms with Crippen LogP contribution in [0.1, 0.15) is 21.5 Å². The Hall–Kier alpha value is -4.07. The second-order valence-electron chi connectivity index (χ2n) is 9.41. The molecule has 8 heteroatoms. The van der Waals surface area contributed by atoms with Crippen LogP contribution < -0.4 is 14.4 Å². The van der Waals surface area contributed by atoms with Crippen LogP contribution in [0.25, 0.3) is 17.0 Å². The maximum Gasteiger partial charge on any atom is 0.189 e. The number of phenols is 1. The van der Waals surface area contributed by atoms with E-state index >= 15 is 0 Å². The van der Waals surface area contributed by atoms with E-state index < -0.39 is 0 Å². The predicted molar refractivity (Wildman–Crippen MR) is 155 cm³/mol. The van der Waals surface area contributed by atoms with Crippen molar-refractivity contribution in [1.82, 2.24) is 9.88 Å². The van der Waals surface area contributed by atoms with Crippen molar-refractivity contribution in [3.8, 4) is 17.2 Å². The van der Waals surface area contributed by atoms with Crippen LogP contribution in [0.5, 0.6) is 17.2 Å². The van der Waals surface area contributed by atoms with Gasteiger partial charge in [0.05, 0.1) is 25.3 Å². The summed E-state index contributed by atoms with van der Waals surface area (Å²) in [6, 6.07) is 18.4. The number of methoxy groups -OCH3 is 2. The van der Waals surface area contributed by atoms with Crippen LogP contribution in [0.4, 0.5) is 5.69 Å². The third-order valence-corrected chi connectivity index (χ3v) is 7.23. The molecule has 200 valence electrons. The molecule has 0 atom stereocenters. The van der Waals surface area contributed by atoms with E-state index in [2.05, 4.69) is 20.9 Å². The molecule has 1 aromatic heterocycles. The summed E-state index contributed by atoms with van der Waals surface area (Å²) in [7, 11) is 3.09. The first-order valence-corrected chi connectivity index (χ1v) is 13.1. The molecular weight excluding hydrogens is 514 g/mol. The number of carbonyl (C=O) groups excluding carboxylic acids is 1. The van der Waals surface area contributed by atoms with Gasteiger partial charge in [-0.05, 0) is 60.2 Å². The van der Waals surface area contributed by atoms with Gasteiger partial charge in [0.1, 0.15) is 17.2 Å². The molecule has 1 saturated heterocycles. The molecule has 3 aromatic carbocycles.